The third-order valence-electron chi connectivity index (χ3n) is 6.67. The summed E-state index contributed by atoms with van der Waals surface area (Å²) in [5.74, 6) is 0.735. The van der Waals surface area contributed by atoms with E-state index in [0.717, 1.165) is 22.6 Å². The average molecular weight is 483 g/mol. The van der Waals surface area contributed by atoms with Crippen molar-refractivity contribution >= 4 is 21.8 Å². The van der Waals surface area contributed by atoms with Crippen molar-refractivity contribution < 1.29 is 13.2 Å². The monoisotopic (exact) mass is 482 g/mol. The Morgan fingerprint density at radius 2 is 1.67 bits per heavy atom. The van der Waals surface area contributed by atoms with Crippen molar-refractivity contribution in [2.75, 3.05) is 26.5 Å². The summed E-state index contributed by atoms with van der Waals surface area (Å²) in [5, 5.41) is 0. The summed E-state index contributed by atoms with van der Waals surface area (Å²) in [4.78, 5) is 14.8. The first-order chi connectivity index (χ1) is 15.9. The molecule has 0 N–H and O–H groups in total. The minimum absolute atomic E-state index is 0.00515. The second-order valence-electron chi connectivity index (χ2n) is 8.61. The lowest BCUT2D eigenvalue weighted by molar-refractivity contribution is 0.186. The van der Waals surface area contributed by atoms with Crippen LogP contribution in [0, 0.1) is 5.92 Å². The number of thioether (sulfide) groups is 1. The van der Waals surface area contributed by atoms with E-state index >= 15 is 0 Å². The number of hydrogen-bond acceptors (Lipinski definition) is 5. The second kappa shape index (κ2) is 8.66. The first-order valence-electron chi connectivity index (χ1n) is 10.9. The summed E-state index contributed by atoms with van der Waals surface area (Å²) in [5.41, 5.74) is 2.53. The standard InChI is InChI=1S/C25H26N2O4S2/c1-31-20-5-9-22(10-6-20)33(29,30)26-14-17-13-19(16-26)24-12-11-23(25(28)27(24)15-17)18-3-7-21(32-2)8-4-18/h3-12,17,19H,13-16H2,1-2H3/t17-,19+/m0/s1. The molecule has 1 fully saturated rings. The fraction of sp³-hybridized carbons (Fsp3) is 0.320. The predicted octanol–water partition coefficient (Wildman–Crippen LogP) is 4.05. The third-order valence-corrected chi connectivity index (χ3v) is 9.26. The molecule has 2 aliphatic rings. The number of benzene rings is 2. The molecule has 0 saturated carbocycles. The van der Waals surface area contributed by atoms with Crippen LogP contribution in [0.2, 0.25) is 0 Å². The molecule has 3 aromatic rings. The Hall–Kier alpha value is -2.55. The molecule has 0 aliphatic carbocycles. The highest BCUT2D eigenvalue weighted by Crippen LogP contribution is 2.38. The van der Waals surface area contributed by atoms with E-state index in [2.05, 4.69) is 0 Å². The largest absolute Gasteiger partial charge is 0.497 e. The number of nitrogens with zero attached hydrogens (tertiary/aromatic N) is 2. The predicted molar refractivity (Wildman–Crippen MR) is 131 cm³/mol. The van der Waals surface area contributed by atoms with Gasteiger partial charge in [-0.25, -0.2) is 8.42 Å². The molecular formula is C25H26N2O4S2. The van der Waals surface area contributed by atoms with Gasteiger partial charge in [0.2, 0.25) is 10.0 Å². The smallest absolute Gasteiger partial charge is 0.258 e. The Labute approximate surface area is 198 Å². The number of aromatic nitrogens is 1. The van der Waals surface area contributed by atoms with Gasteiger partial charge in [0.05, 0.1) is 12.0 Å². The first-order valence-corrected chi connectivity index (χ1v) is 13.6. The van der Waals surface area contributed by atoms with Crippen molar-refractivity contribution in [3.63, 3.8) is 0 Å². The molecule has 1 aromatic heterocycles. The van der Waals surface area contributed by atoms with Crippen LogP contribution in [0.1, 0.15) is 18.0 Å². The molecule has 6 nitrogen and oxygen atoms in total. The van der Waals surface area contributed by atoms with Crippen LogP contribution in [0.3, 0.4) is 0 Å². The molecule has 0 unspecified atom stereocenters. The van der Waals surface area contributed by atoms with Gasteiger partial charge in [-0.1, -0.05) is 12.1 Å². The molecule has 3 heterocycles. The Morgan fingerprint density at radius 1 is 0.939 bits per heavy atom. The van der Waals surface area contributed by atoms with Gasteiger partial charge in [0.1, 0.15) is 5.75 Å². The summed E-state index contributed by atoms with van der Waals surface area (Å²) in [6, 6.07) is 18.4. The molecule has 5 rings (SSSR count). The molecule has 1 saturated heterocycles. The van der Waals surface area contributed by atoms with E-state index < -0.39 is 10.0 Å². The van der Waals surface area contributed by atoms with Crippen molar-refractivity contribution in [3.8, 4) is 16.9 Å². The minimum atomic E-state index is -3.61. The van der Waals surface area contributed by atoms with E-state index in [4.69, 9.17) is 4.74 Å². The molecule has 2 atom stereocenters. The number of ether oxygens (including phenoxy) is 1. The molecule has 0 amide bonds. The number of methoxy groups -OCH3 is 1. The van der Waals surface area contributed by atoms with Crippen molar-refractivity contribution in [2.24, 2.45) is 5.92 Å². The van der Waals surface area contributed by atoms with Gasteiger partial charge < -0.3 is 9.30 Å². The summed E-state index contributed by atoms with van der Waals surface area (Å²) in [6.45, 7) is 1.34. The molecule has 0 spiro atoms. The van der Waals surface area contributed by atoms with Crippen LogP contribution in [0.5, 0.6) is 5.75 Å². The number of sulfonamides is 1. The van der Waals surface area contributed by atoms with Gasteiger partial charge in [-0.2, -0.15) is 4.31 Å². The Kier molecular flexibility index (Phi) is 5.84. The minimum Gasteiger partial charge on any atom is -0.497 e. The van der Waals surface area contributed by atoms with Gasteiger partial charge in [-0.15, -0.1) is 11.8 Å². The maximum atomic E-state index is 13.4. The lowest BCUT2D eigenvalue weighted by Crippen LogP contribution is -2.49. The molecule has 2 aliphatic heterocycles. The Morgan fingerprint density at radius 3 is 2.33 bits per heavy atom. The van der Waals surface area contributed by atoms with Crippen LogP contribution in [-0.4, -0.2) is 43.7 Å². The summed E-state index contributed by atoms with van der Waals surface area (Å²) in [7, 11) is -2.06. The average Bonchev–Trinajstić information content (AvgIpc) is 2.85. The van der Waals surface area contributed by atoms with Crippen LogP contribution >= 0.6 is 11.8 Å². The highest BCUT2D eigenvalue weighted by molar-refractivity contribution is 7.98. The molecule has 0 radical (unpaired) electrons. The van der Waals surface area contributed by atoms with Crippen molar-refractivity contribution in [1.82, 2.24) is 8.87 Å². The topological polar surface area (TPSA) is 68.6 Å². The van der Waals surface area contributed by atoms with E-state index in [1.54, 1.807) is 47.4 Å². The van der Waals surface area contributed by atoms with Crippen LogP contribution in [0.25, 0.3) is 11.1 Å². The van der Waals surface area contributed by atoms with Gasteiger partial charge >= 0.3 is 0 Å². The van der Waals surface area contributed by atoms with Gasteiger partial charge in [0, 0.05) is 41.7 Å². The first kappa shape index (κ1) is 22.3. The molecule has 33 heavy (non-hydrogen) atoms. The van der Waals surface area contributed by atoms with Crippen LogP contribution in [0.15, 0.2) is 75.2 Å². The second-order valence-corrected chi connectivity index (χ2v) is 11.4. The summed E-state index contributed by atoms with van der Waals surface area (Å²) < 4.78 is 35.2. The van der Waals surface area contributed by atoms with Gasteiger partial charge in [-0.05, 0) is 72.7 Å². The zero-order chi connectivity index (χ0) is 23.2. The lowest BCUT2D eigenvalue weighted by atomic mass is 9.84. The number of piperidine rings is 1. The zero-order valence-electron chi connectivity index (χ0n) is 18.6. The van der Waals surface area contributed by atoms with E-state index in [9.17, 15) is 13.2 Å². The fourth-order valence-corrected chi connectivity index (χ4v) is 6.95. The highest BCUT2D eigenvalue weighted by atomic mass is 32.2. The number of rotatable bonds is 5. The van der Waals surface area contributed by atoms with Crippen molar-refractivity contribution in [2.45, 2.75) is 28.7 Å². The van der Waals surface area contributed by atoms with Crippen LogP contribution in [0.4, 0.5) is 0 Å². The third kappa shape index (κ3) is 4.00. The molecular weight excluding hydrogens is 456 g/mol. The maximum absolute atomic E-state index is 13.4. The highest BCUT2D eigenvalue weighted by Gasteiger charge is 2.39. The molecule has 172 valence electrons. The summed E-state index contributed by atoms with van der Waals surface area (Å²) >= 11 is 1.67. The van der Waals surface area contributed by atoms with Gasteiger partial charge in [-0.3, -0.25) is 4.79 Å². The van der Waals surface area contributed by atoms with Crippen molar-refractivity contribution in [3.05, 3.63) is 76.7 Å². The lowest BCUT2D eigenvalue weighted by Gasteiger charge is -2.42. The number of fused-ring (bicyclic) bond motifs is 4. The Bertz CT molecular complexity index is 1330. The SMILES string of the molecule is COc1ccc(S(=O)(=O)N2C[C@@H]3C[C@H](C2)c2ccc(-c4ccc(SC)cc4)c(=O)n2C3)cc1. The Balaban J connectivity index is 1.45. The maximum Gasteiger partial charge on any atom is 0.258 e. The van der Waals surface area contributed by atoms with Gasteiger partial charge in [0.15, 0.2) is 0 Å². The number of pyridine rings is 1. The van der Waals surface area contributed by atoms with E-state index in [0.29, 0.717) is 30.9 Å². The quantitative estimate of drug-likeness (QED) is 0.513. The fourth-order valence-electron chi connectivity index (χ4n) is 4.99. The molecule has 2 bridgehead atoms. The van der Waals surface area contributed by atoms with E-state index in [1.165, 1.54) is 0 Å². The van der Waals surface area contributed by atoms with E-state index in [-0.39, 0.29) is 22.3 Å². The molecule has 2 aromatic carbocycles. The van der Waals surface area contributed by atoms with E-state index in [1.807, 2.05) is 47.2 Å². The molecule has 8 heteroatoms. The normalized spacial score (nSPS) is 20.3. The van der Waals surface area contributed by atoms with Gasteiger partial charge in [0.25, 0.3) is 5.56 Å². The zero-order valence-corrected chi connectivity index (χ0v) is 20.2. The van der Waals surface area contributed by atoms with Crippen LogP contribution in [-0.2, 0) is 16.6 Å². The van der Waals surface area contributed by atoms with Crippen molar-refractivity contribution in [1.29, 1.82) is 0 Å². The number of hydrogen-bond donors (Lipinski definition) is 0. The summed E-state index contributed by atoms with van der Waals surface area (Å²) in [6.07, 6.45) is 2.93. The van der Waals surface area contributed by atoms with Crippen LogP contribution < -0.4 is 10.3 Å².